The molecule has 1 unspecified atom stereocenters. The summed E-state index contributed by atoms with van der Waals surface area (Å²) < 4.78 is 0. The van der Waals surface area contributed by atoms with Gasteiger partial charge in [0.25, 0.3) is 0 Å². The Morgan fingerprint density at radius 1 is 1.33 bits per heavy atom. The lowest BCUT2D eigenvalue weighted by molar-refractivity contribution is -0.121. The smallest absolute Gasteiger partial charge is 0.221 e. The number of carbonyl (C=O) groups excluding carboxylic acids is 1. The Kier molecular flexibility index (Phi) is 5.45. The van der Waals surface area contributed by atoms with E-state index in [4.69, 9.17) is 6.42 Å². The highest BCUT2D eigenvalue weighted by atomic mass is 16.1. The molecule has 0 heterocycles. The second-order valence-electron chi connectivity index (χ2n) is 4.94. The molecule has 0 bridgehead atoms. The van der Waals surface area contributed by atoms with Crippen LogP contribution in [0.1, 0.15) is 31.4 Å². The minimum absolute atomic E-state index is 0.0206. The van der Waals surface area contributed by atoms with Crippen molar-refractivity contribution in [2.45, 2.75) is 39.7 Å². The maximum absolute atomic E-state index is 11.8. The molecule has 0 aliphatic heterocycles. The molecule has 18 heavy (non-hydrogen) atoms. The van der Waals surface area contributed by atoms with Crippen molar-refractivity contribution in [3.8, 4) is 12.3 Å². The molecule has 0 radical (unpaired) electrons. The molecular weight excluding hydrogens is 222 g/mol. The lowest BCUT2D eigenvalue weighted by atomic mass is 10.0. The Hall–Kier alpha value is -1.75. The largest absolute Gasteiger partial charge is 0.342 e. The number of terminal acetylenes is 1. The van der Waals surface area contributed by atoms with Gasteiger partial charge in [0.15, 0.2) is 0 Å². The molecule has 1 aromatic carbocycles. The lowest BCUT2D eigenvalue weighted by Gasteiger charge is -2.16. The van der Waals surface area contributed by atoms with Gasteiger partial charge in [-0.05, 0) is 24.8 Å². The van der Waals surface area contributed by atoms with E-state index in [1.54, 1.807) is 0 Å². The van der Waals surface area contributed by atoms with Crippen molar-refractivity contribution in [1.29, 1.82) is 0 Å². The summed E-state index contributed by atoms with van der Waals surface area (Å²) in [6.45, 7) is 6.06. The molecule has 96 valence electrons. The highest BCUT2D eigenvalue weighted by Gasteiger charge is 2.12. The zero-order valence-corrected chi connectivity index (χ0v) is 11.4. The van der Waals surface area contributed by atoms with Crippen molar-refractivity contribution in [1.82, 2.24) is 5.32 Å². The fourth-order valence-corrected chi connectivity index (χ4v) is 1.66. The first kappa shape index (κ1) is 14.3. The van der Waals surface area contributed by atoms with Crippen LogP contribution < -0.4 is 5.32 Å². The van der Waals surface area contributed by atoms with Gasteiger partial charge in [0.05, 0.1) is 6.04 Å². The average molecular weight is 243 g/mol. The van der Waals surface area contributed by atoms with Crippen LogP contribution in [-0.4, -0.2) is 11.9 Å². The molecule has 1 N–H and O–H groups in total. The number of hydrogen-bond donors (Lipinski definition) is 1. The minimum atomic E-state index is -0.171. The number of amides is 1. The van der Waals surface area contributed by atoms with Crippen molar-refractivity contribution in [2.24, 2.45) is 5.92 Å². The third kappa shape index (κ3) is 4.63. The van der Waals surface area contributed by atoms with Gasteiger partial charge in [-0.2, -0.15) is 0 Å². The van der Waals surface area contributed by atoms with E-state index in [-0.39, 0.29) is 17.9 Å². The van der Waals surface area contributed by atoms with Gasteiger partial charge in [0, 0.05) is 6.42 Å². The van der Waals surface area contributed by atoms with E-state index in [9.17, 15) is 4.79 Å². The summed E-state index contributed by atoms with van der Waals surface area (Å²) in [7, 11) is 0. The molecule has 0 aromatic heterocycles. The predicted octanol–water partition coefficient (Wildman–Crippen LogP) is 2.70. The van der Waals surface area contributed by atoms with Crippen LogP contribution in [0.25, 0.3) is 0 Å². The molecule has 0 aliphatic carbocycles. The van der Waals surface area contributed by atoms with Crippen LogP contribution >= 0.6 is 0 Å². The van der Waals surface area contributed by atoms with Crippen LogP contribution in [0.5, 0.6) is 0 Å². The van der Waals surface area contributed by atoms with E-state index < -0.39 is 0 Å². The standard InChI is InChI=1S/C16H21NO/c1-5-15(12(2)3)17-16(18)11-10-14-8-6-13(4)7-9-14/h1,6-9,12,15H,10-11H2,2-4H3,(H,17,18). The van der Waals surface area contributed by atoms with Gasteiger partial charge in [-0.15, -0.1) is 6.42 Å². The van der Waals surface area contributed by atoms with Crippen LogP contribution in [0.15, 0.2) is 24.3 Å². The second-order valence-corrected chi connectivity index (χ2v) is 4.94. The van der Waals surface area contributed by atoms with E-state index in [2.05, 4.69) is 42.4 Å². The summed E-state index contributed by atoms with van der Waals surface area (Å²) in [5, 5.41) is 2.87. The molecule has 0 fully saturated rings. The molecule has 2 nitrogen and oxygen atoms in total. The van der Waals surface area contributed by atoms with Crippen LogP contribution in [0.4, 0.5) is 0 Å². The summed E-state index contributed by atoms with van der Waals surface area (Å²) in [6, 6.07) is 8.07. The van der Waals surface area contributed by atoms with Crippen molar-refractivity contribution >= 4 is 5.91 Å². The molecule has 0 saturated heterocycles. The maximum atomic E-state index is 11.8. The Labute approximate surface area is 110 Å². The van der Waals surface area contributed by atoms with Crippen molar-refractivity contribution in [2.75, 3.05) is 0 Å². The summed E-state index contributed by atoms with van der Waals surface area (Å²) >= 11 is 0. The fraction of sp³-hybridized carbons (Fsp3) is 0.438. The minimum Gasteiger partial charge on any atom is -0.342 e. The molecule has 0 aliphatic rings. The molecule has 0 saturated carbocycles. The predicted molar refractivity (Wildman–Crippen MR) is 75.1 cm³/mol. The third-order valence-electron chi connectivity index (χ3n) is 2.92. The first-order valence-electron chi connectivity index (χ1n) is 6.34. The van der Waals surface area contributed by atoms with Crippen LogP contribution in [0.3, 0.4) is 0 Å². The normalized spacial score (nSPS) is 11.9. The molecule has 2 heteroatoms. The van der Waals surface area contributed by atoms with Gasteiger partial charge >= 0.3 is 0 Å². The summed E-state index contributed by atoms with van der Waals surface area (Å²) in [5.41, 5.74) is 2.41. The van der Waals surface area contributed by atoms with Crippen molar-refractivity contribution < 1.29 is 4.79 Å². The van der Waals surface area contributed by atoms with Gasteiger partial charge in [-0.1, -0.05) is 49.6 Å². The Bertz CT molecular complexity index is 425. The first-order chi connectivity index (χ1) is 8.52. The van der Waals surface area contributed by atoms with Crippen molar-refractivity contribution in [3.63, 3.8) is 0 Å². The lowest BCUT2D eigenvalue weighted by Crippen LogP contribution is -2.37. The first-order valence-corrected chi connectivity index (χ1v) is 6.34. The van der Waals surface area contributed by atoms with Gasteiger partial charge in [0.2, 0.25) is 5.91 Å². The molecule has 1 amide bonds. The number of nitrogens with one attached hydrogen (secondary N) is 1. The van der Waals surface area contributed by atoms with E-state index >= 15 is 0 Å². The monoisotopic (exact) mass is 243 g/mol. The summed E-state index contributed by atoms with van der Waals surface area (Å²) in [5.74, 6) is 2.89. The maximum Gasteiger partial charge on any atom is 0.221 e. The van der Waals surface area contributed by atoms with Gasteiger partial charge in [-0.25, -0.2) is 0 Å². The van der Waals surface area contributed by atoms with Crippen LogP contribution in [0.2, 0.25) is 0 Å². The highest BCUT2D eigenvalue weighted by molar-refractivity contribution is 5.76. The fourth-order valence-electron chi connectivity index (χ4n) is 1.66. The SMILES string of the molecule is C#CC(NC(=O)CCc1ccc(C)cc1)C(C)C. The number of rotatable bonds is 5. The Balaban J connectivity index is 2.42. The molecule has 1 atom stereocenters. The zero-order valence-electron chi connectivity index (χ0n) is 11.4. The topological polar surface area (TPSA) is 29.1 Å². The van der Waals surface area contributed by atoms with E-state index in [0.717, 1.165) is 6.42 Å². The molecule has 1 rings (SSSR count). The Morgan fingerprint density at radius 3 is 2.44 bits per heavy atom. The van der Waals surface area contributed by atoms with E-state index in [1.807, 2.05) is 13.8 Å². The number of carbonyl (C=O) groups is 1. The van der Waals surface area contributed by atoms with E-state index in [1.165, 1.54) is 11.1 Å². The number of benzene rings is 1. The molecule has 1 aromatic rings. The Morgan fingerprint density at radius 2 is 1.94 bits per heavy atom. The van der Waals surface area contributed by atoms with Gasteiger partial charge in [0.1, 0.15) is 0 Å². The van der Waals surface area contributed by atoms with Gasteiger partial charge in [-0.3, -0.25) is 4.79 Å². The summed E-state index contributed by atoms with van der Waals surface area (Å²) in [6.07, 6.45) is 6.61. The number of hydrogen-bond acceptors (Lipinski definition) is 1. The second kappa shape index (κ2) is 6.86. The molecular formula is C16H21NO. The average Bonchev–Trinajstić information content (AvgIpc) is 2.35. The van der Waals surface area contributed by atoms with Crippen molar-refractivity contribution in [3.05, 3.63) is 35.4 Å². The highest BCUT2D eigenvalue weighted by Crippen LogP contribution is 2.06. The molecule has 0 spiro atoms. The zero-order chi connectivity index (χ0) is 13.5. The van der Waals surface area contributed by atoms with Crippen LogP contribution in [0, 0.1) is 25.2 Å². The number of aryl methyl sites for hydroxylation is 2. The quantitative estimate of drug-likeness (QED) is 0.792. The van der Waals surface area contributed by atoms with Gasteiger partial charge < -0.3 is 5.32 Å². The van der Waals surface area contributed by atoms with Crippen LogP contribution in [-0.2, 0) is 11.2 Å². The van der Waals surface area contributed by atoms with E-state index in [0.29, 0.717) is 6.42 Å². The summed E-state index contributed by atoms with van der Waals surface area (Å²) in [4.78, 5) is 11.8. The third-order valence-corrected chi connectivity index (χ3v) is 2.92.